The number of Topliss-reactive ketones (excluding diaryl/α,β-unsaturated/α-hetero) is 1. The maximum Gasteiger partial charge on any atom is 0.170 e. The second-order valence-corrected chi connectivity index (χ2v) is 7.63. The molecule has 1 aromatic carbocycles. The van der Waals surface area contributed by atoms with Gasteiger partial charge in [0.15, 0.2) is 5.78 Å². The first-order valence-electron chi connectivity index (χ1n) is 8.47. The minimum absolute atomic E-state index is 0.103. The van der Waals surface area contributed by atoms with Crippen molar-refractivity contribution in [2.45, 2.75) is 31.6 Å². The fourth-order valence-electron chi connectivity index (χ4n) is 3.31. The third-order valence-electron chi connectivity index (χ3n) is 4.61. The molecule has 132 valence electrons. The molecule has 3 rings (SSSR count). The molecule has 25 heavy (non-hydrogen) atoms. The van der Waals surface area contributed by atoms with Crippen LogP contribution in [-0.4, -0.2) is 17.3 Å². The number of alkyl halides is 1. The van der Waals surface area contributed by atoms with Crippen molar-refractivity contribution < 1.29 is 9.53 Å². The fraction of sp³-hybridized carbons (Fsp3) is 0.350. The topological polar surface area (TPSA) is 38.3 Å². The van der Waals surface area contributed by atoms with E-state index in [-0.39, 0.29) is 16.7 Å². The van der Waals surface area contributed by atoms with E-state index in [0.717, 1.165) is 28.9 Å². The zero-order chi connectivity index (χ0) is 18.0. The number of ether oxygens (including phenoxy) is 1. The second-order valence-electron chi connectivity index (χ2n) is 6.20. The van der Waals surface area contributed by atoms with E-state index < -0.39 is 0 Å². The number of allylic oxidation sites excluding steroid dienone is 4. The van der Waals surface area contributed by atoms with Gasteiger partial charge in [-0.2, -0.15) is 0 Å². The third kappa shape index (κ3) is 3.85. The zero-order valence-electron chi connectivity index (χ0n) is 14.3. The Kier molecular flexibility index (Phi) is 5.70. The Morgan fingerprint density at radius 1 is 1.48 bits per heavy atom. The molecule has 0 fully saturated rings. The van der Waals surface area contributed by atoms with Crippen molar-refractivity contribution in [3.63, 3.8) is 0 Å². The third-order valence-corrected chi connectivity index (χ3v) is 5.37. The molecule has 2 aliphatic heterocycles. The largest absolute Gasteiger partial charge is 0.493 e. The first-order chi connectivity index (χ1) is 12.0. The summed E-state index contributed by atoms with van der Waals surface area (Å²) in [5.41, 5.74) is 3.89. The number of nitrogens with one attached hydrogen (secondary N) is 1. The number of benzene rings is 1. The van der Waals surface area contributed by atoms with Gasteiger partial charge in [0.25, 0.3) is 0 Å². The Balaban J connectivity index is 1.83. The van der Waals surface area contributed by atoms with Gasteiger partial charge in [0.05, 0.1) is 12.5 Å². The first-order valence-corrected chi connectivity index (χ1v) is 9.76. The number of fused-ring (bicyclic) bond motifs is 1. The van der Waals surface area contributed by atoms with Crippen molar-refractivity contribution in [3.05, 3.63) is 63.9 Å². The minimum atomic E-state index is -0.196. The average molecular weight is 423 g/mol. The molecule has 1 aromatic rings. The lowest BCUT2D eigenvalue weighted by Crippen LogP contribution is -2.31. The van der Waals surface area contributed by atoms with Gasteiger partial charge in [-0.15, -0.1) is 0 Å². The molecule has 0 amide bonds. The molecular formula is C20H21BrClNO2. The van der Waals surface area contributed by atoms with Gasteiger partial charge in [0.1, 0.15) is 10.7 Å². The average Bonchev–Trinajstić information content (AvgIpc) is 2.62. The van der Waals surface area contributed by atoms with Crippen LogP contribution in [0.2, 0.25) is 5.02 Å². The molecule has 2 unspecified atom stereocenters. The summed E-state index contributed by atoms with van der Waals surface area (Å²) in [5, 5.41) is 3.90. The Labute approximate surface area is 161 Å². The number of carbonyl (C=O) groups excluding carboxylic acids is 1. The van der Waals surface area contributed by atoms with Crippen molar-refractivity contribution >= 4 is 33.3 Å². The lowest BCUT2D eigenvalue weighted by atomic mass is 9.84. The molecule has 0 saturated carbocycles. The SMILES string of the molecule is C/C=C(/C(=O)C1COc2ccc(Cl)cc2C1)C1=CNC(Br)C=C1CC. The van der Waals surface area contributed by atoms with E-state index in [0.29, 0.717) is 18.1 Å². The van der Waals surface area contributed by atoms with Crippen molar-refractivity contribution in [1.82, 2.24) is 5.32 Å². The molecule has 0 bridgehead atoms. The molecule has 0 radical (unpaired) electrons. The van der Waals surface area contributed by atoms with Gasteiger partial charge in [-0.25, -0.2) is 0 Å². The minimum Gasteiger partial charge on any atom is -0.493 e. The number of ketones is 1. The van der Waals surface area contributed by atoms with E-state index in [1.165, 1.54) is 5.57 Å². The van der Waals surface area contributed by atoms with E-state index in [1.807, 2.05) is 37.4 Å². The molecule has 0 aliphatic carbocycles. The van der Waals surface area contributed by atoms with Crippen LogP contribution in [-0.2, 0) is 11.2 Å². The van der Waals surface area contributed by atoms with E-state index in [4.69, 9.17) is 16.3 Å². The van der Waals surface area contributed by atoms with E-state index in [1.54, 1.807) is 0 Å². The molecular weight excluding hydrogens is 402 g/mol. The highest BCUT2D eigenvalue weighted by atomic mass is 79.9. The highest BCUT2D eigenvalue weighted by molar-refractivity contribution is 9.09. The lowest BCUT2D eigenvalue weighted by molar-refractivity contribution is -0.120. The molecule has 3 nitrogen and oxygen atoms in total. The maximum atomic E-state index is 13.2. The monoisotopic (exact) mass is 421 g/mol. The van der Waals surface area contributed by atoms with Crippen molar-refractivity contribution in [2.24, 2.45) is 5.92 Å². The van der Waals surface area contributed by atoms with E-state index in [2.05, 4.69) is 34.2 Å². The summed E-state index contributed by atoms with van der Waals surface area (Å²) in [6.45, 7) is 4.41. The smallest absolute Gasteiger partial charge is 0.170 e. The highest BCUT2D eigenvalue weighted by Gasteiger charge is 2.30. The summed E-state index contributed by atoms with van der Waals surface area (Å²) in [5.74, 6) is 0.747. The quantitative estimate of drug-likeness (QED) is 0.424. The predicted octanol–water partition coefficient (Wildman–Crippen LogP) is 4.95. The number of carbonyl (C=O) groups is 1. The molecule has 1 N–H and O–H groups in total. The standard InChI is InChI=1S/C20H21BrClNO2/c1-3-12-9-19(21)23-10-17(12)16(4-2)20(24)14-7-13-8-15(22)5-6-18(13)25-11-14/h4-6,8-10,14,19,23H,3,7,11H2,1-2H3/b16-4+. The molecule has 2 aliphatic rings. The Morgan fingerprint density at radius 2 is 2.28 bits per heavy atom. The van der Waals surface area contributed by atoms with Crippen LogP contribution in [0.25, 0.3) is 0 Å². The van der Waals surface area contributed by atoms with E-state index >= 15 is 0 Å². The number of halogens is 2. The fourth-order valence-corrected chi connectivity index (χ4v) is 3.96. The molecule has 5 heteroatoms. The number of rotatable bonds is 4. The Morgan fingerprint density at radius 3 is 3.00 bits per heavy atom. The number of hydrogen-bond donors (Lipinski definition) is 1. The van der Waals surface area contributed by atoms with Crippen molar-refractivity contribution in [3.8, 4) is 5.75 Å². The Hall–Kier alpha value is -1.52. The van der Waals surface area contributed by atoms with Gasteiger partial charge in [-0.05, 0) is 55.2 Å². The second kappa shape index (κ2) is 7.79. The Bertz CT molecular complexity index is 782. The summed E-state index contributed by atoms with van der Waals surface area (Å²) >= 11 is 9.62. The summed E-state index contributed by atoms with van der Waals surface area (Å²) < 4.78 is 5.80. The van der Waals surface area contributed by atoms with Crippen LogP contribution >= 0.6 is 27.5 Å². The van der Waals surface area contributed by atoms with Crippen LogP contribution in [0.4, 0.5) is 0 Å². The van der Waals surface area contributed by atoms with Crippen molar-refractivity contribution in [2.75, 3.05) is 6.61 Å². The zero-order valence-corrected chi connectivity index (χ0v) is 16.7. The van der Waals surface area contributed by atoms with Crippen LogP contribution in [0.15, 0.2) is 53.3 Å². The lowest BCUT2D eigenvalue weighted by Gasteiger charge is -2.27. The van der Waals surface area contributed by atoms with E-state index in [9.17, 15) is 4.79 Å². The van der Waals surface area contributed by atoms with Crippen LogP contribution in [0.5, 0.6) is 5.75 Å². The number of hydrogen-bond acceptors (Lipinski definition) is 3. The van der Waals surface area contributed by atoms with Crippen LogP contribution < -0.4 is 10.1 Å². The predicted molar refractivity (Wildman–Crippen MR) is 105 cm³/mol. The van der Waals surface area contributed by atoms with Gasteiger partial charge in [-0.1, -0.05) is 40.5 Å². The van der Waals surface area contributed by atoms with Gasteiger partial charge in [0.2, 0.25) is 0 Å². The highest BCUT2D eigenvalue weighted by Crippen LogP contribution is 2.34. The van der Waals surface area contributed by atoms with Gasteiger partial charge >= 0.3 is 0 Å². The normalized spacial score (nSPS) is 23.0. The van der Waals surface area contributed by atoms with Gasteiger partial charge in [-0.3, -0.25) is 4.79 Å². The molecule has 0 spiro atoms. The molecule has 0 saturated heterocycles. The molecule has 2 atom stereocenters. The number of dihydropyridines is 1. The van der Waals surface area contributed by atoms with Crippen LogP contribution in [0.3, 0.4) is 0 Å². The van der Waals surface area contributed by atoms with Crippen molar-refractivity contribution in [1.29, 1.82) is 0 Å². The maximum absolute atomic E-state index is 13.2. The van der Waals surface area contributed by atoms with Crippen LogP contribution in [0.1, 0.15) is 25.8 Å². The summed E-state index contributed by atoms with van der Waals surface area (Å²) in [6, 6.07) is 5.57. The first kappa shape index (κ1) is 18.3. The van der Waals surface area contributed by atoms with Gasteiger partial charge < -0.3 is 10.1 Å². The summed E-state index contributed by atoms with van der Waals surface area (Å²) in [4.78, 5) is 13.3. The summed E-state index contributed by atoms with van der Waals surface area (Å²) in [6.07, 6.45) is 7.47. The molecule has 2 heterocycles. The van der Waals surface area contributed by atoms with Crippen LogP contribution in [0, 0.1) is 5.92 Å². The summed E-state index contributed by atoms with van der Waals surface area (Å²) in [7, 11) is 0. The van der Waals surface area contributed by atoms with Gasteiger partial charge in [0, 0.05) is 22.4 Å². The molecule has 0 aromatic heterocycles.